The summed E-state index contributed by atoms with van der Waals surface area (Å²) in [5, 5.41) is 0. The summed E-state index contributed by atoms with van der Waals surface area (Å²) in [7, 11) is 4.65. The van der Waals surface area contributed by atoms with Crippen LogP contribution in [0.1, 0.15) is 12.5 Å². The lowest BCUT2D eigenvalue weighted by Crippen LogP contribution is -2.28. The van der Waals surface area contributed by atoms with E-state index in [1.807, 2.05) is 0 Å². The number of aromatic nitrogens is 1. The van der Waals surface area contributed by atoms with Crippen LogP contribution in [-0.2, 0) is 11.3 Å². The normalized spacial score (nSPS) is 10.4. The van der Waals surface area contributed by atoms with Crippen molar-refractivity contribution in [2.45, 2.75) is 13.5 Å². The van der Waals surface area contributed by atoms with Crippen LogP contribution in [-0.4, -0.2) is 32.2 Å². The van der Waals surface area contributed by atoms with Crippen LogP contribution < -0.4 is 23.8 Å². The minimum Gasteiger partial charge on any atom is -0.497 e. The predicted octanol–water partition coefficient (Wildman–Crippen LogP) is 4.59. The van der Waals surface area contributed by atoms with Gasteiger partial charge in [0.15, 0.2) is 0 Å². The highest BCUT2D eigenvalue weighted by atomic mass is 19.1. The topological polar surface area (TPSA) is 70.1 Å². The molecule has 3 rings (SSSR count). The first kappa shape index (κ1) is 21.9. The fourth-order valence-corrected chi connectivity index (χ4v) is 2.99. The summed E-state index contributed by atoms with van der Waals surface area (Å²) in [5.74, 6) is 1.22. The Morgan fingerprint density at radius 2 is 1.55 bits per heavy atom. The lowest BCUT2D eigenvalue weighted by Gasteiger charge is -2.24. The van der Waals surface area contributed by atoms with E-state index in [1.165, 1.54) is 24.0 Å². The standard InChI is InChI=1S/C23H23FN2O5/c1-15(27)26(14-16-13-19(29-3)9-11-21(16)30-4)20-10-12-22(24)25-23(20)31-18-7-5-17(28-2)6-8-18/h5-13H,14H2,1-4H3. The van der Waals surface area contributed by atoms with E-state index in [2.05, 4.69) is 4.98 Å². The van der Waals surface area contributed by atoms with E-state index in [1.54, 1.807) is 63.8 Å². The Bertz CT molecular complexity index is 1060. The molecule has 0 atom stereocenters. The maximum Gasteiger partial charge on any atom is 0.246 e. The highest BCUT2D eigenvalue weighted by Gasteiger charge is 2.21. The second kappa shape index (κ2) is 9.80. The summed E-state index contributed by atoms with van der Waals surface area (Å²) >= 11 is 0. The van der Waals surface area contributed by atoms with Crippen molar-refractivity contribution in [2.75, 3.05) is 26.2 Å². The molecule has 8 heteroatoms. The molecule has 0 bridgehead atoms. The SMILES string of the molecule is COc1ccc(Oc2nc(F)ccc2N(Cc2cc(OC)ccc2OC)C(C)=O)cc1. The number of pyridine rings is 1. The molecule has 0 aliphatic carbocycles. The lowest BCUT2D eigenvalue weighted by atomic mass is 10.1. The second-order valence-electron chi connectivity index (χ2n) is 6.52. The van der Waals surface area contributed by atoms with E-state index in [4.69, 9.17) is 18.9 Å². The minimum absolute atomic E-state index is 0.0396. The van der Waals surface area contributed by atoms with Gasteiger partial charge in [-0.1, -0.05) is 0 Å². The Morgan fingerprint density at radius 3 is 2.16 bits per heavy atom. The molecule has 162 valence electrons. The number of rotatable bonds is 8. The number of carbonyl (C=O) groups is 1. The maximum absolute atomic E-state index is 13.9. The third kappa shape index (κ3) is 5.22. The molecule has 0 saturated carbocycles. The summed E-state index contributed by atoms with van der Waals surface area (Å²) in [6.45, 7) is 1.55. The molecule has 0 spiro atoms. The Balaban J connectivity index is 1.99. The molecule has 31 heavy (non-hydrogen) atoms. The molecular formula is C23H23FN2O5. The number of carbonyl (C=O) groups excluding carboxylic acids is 1. The second-order valence-corrected chi connectivity index (χ2v) is 6.52. The van der Waals surface area contributed by atoms with E-state index in [0.29, 0.717) is 34.2 Å². The first-order chi connectivity index (χ1) is 14.9. The van der Waals surface area contributed by atoms with Crippen LogP contribution in [0.4, 0.5) is 10.1 Å². The average Bonchev–Trinajstić information content (AvgIpc) is 2.78. The zero-order chi connectivity index (χ0) is 22.4. The van der Waals surface area contributed by atoms with Gasteiger partial charge in [-0.2, -0.15) is 9.37 Å². The van der Waals surface area contributed by atoms with E-state index >= 15 is 0 Å². The van der Waals surface area contributed by atoms with Gasteiger partial charge in [-0.05, 0) is 54.6 Å². The number of hydrogen-bond donors (Lipinski definition) is 0. The van der Waals surface area contributed by atoms with Crippen LogP contribution in [0, 0.1) is 5.95 Å². The fraction of sp³-hybridized carbons (Fsp3) is 0.217. The molecule has 0 aliphatic rings. The average molecular weight is 426 g/mol. The number of halogens is 1. The van der Waals surface area contributed by atoms with E-state index in [-0.39, 0.29) is 18.3 Å². The van der Waals surface area contributed by atoms with Crippen LogP contribution in [0.5, 0.6) is 28.9 Å². The zero-order valence-electron chi connectivity index (χ0n) is 17.7. The maximum atomic E-state index is 13.9. The highest BCUT2D eigenvalue weighted by Crippen LogP contribution is 2.34. The van der Waals surface area contributed by atoms with Crippen molar-refractivity contribution in [2.24, 2.45) is 0 Å². The van der Waals surface area contributed by atoms with Gasteiger partial charge in [0, 0.05) is 12.5 Å². The molecule has 0 radical (unpaired) electrons. The molecule has 0 aliphatic heterocycles. The molecule has 1 amide bonds. The Labute approximate surface area is 179 Å². The smallest absolute Gasteiger partial charge is 0.246 e. The van der Waals surface area contributed by atoms with Gasteiger partial charge in [-0.15, -0.1) is 0 Å². The molecule has 0 fully saturated rings. The summed E-state index contributed by atoms with van der Waals surface area (Å²) in [5.41, 5.74) is 1.02. The van der Waals surface area contributed by atoms with Crippen molar-refractivity contribution >= 4 is 11.6 Å². The molecule has 0 saturated heterocycles. The summed E-state index contributed by atoms with van der Waals surface area (Å²) < 4.78 is 35.6. The third-order valence-electron chi connectivity index (χ3n) is 4.57. The molecule has 0 unspecified atom stereocenters. The molecule has 1 aromatic heterocycles. The zero-order valence-corrected chi connectivity index (χ0v) is 17.7. The monoisotopic (exact) mass is 426 g/mol. The van der Waals surface area contributed by atoms with Crippen LogP contribution in [0.3, 0.4) is 0 Å². The number of hydrogen-bond acceptors (Lipinski definition) is 6. The van der Waals surface area contributed by atoms with E-state index in [9.17, 15) is 9.18 Å². The van der Waals surface area contributed by atoms with Crippen molar-refractivity contribution in [1.29, 1.82) is 0 Å². The number of benzene rings is 2. The van der Waals surface area contributed by atoms with Gasteiger partial charge >= 0.3 is 0 Å². The largest absolute Gasteiger partial charge is 0.497 e. The fourth-order valence-electron chi connectivity index (χ4n) is 2.99. The predicted molar refractivity (Wildman–Crippen MR) is 114 cm³/mol. The Hall–Kier alpha value is -3.81. The van der Waals surface area contributed by atoms with Gasteiger partial charge in [0.2, 0.25) is 17.7 Å². The molecule has 3 aromatic rings. The lowest BCUT2D eigenvalue weighted by molar-refractivity contribution is -0.116. The van der Waals surface area contributed by atoms with Gasteiger partial charge in [0.1, 0.15) is 28.7 Å². The molecular weight excluding hydrogens is 403 g/mol. The van der Waals surface area contributed by atoms with Crippen LogP contribution in [0.25, 0.3) is 0 Å². The van der Waals surface area contributed by atoms with Crippen molar-refractivity contribution in [3.8, 4) is 28.9 Å². The van der Waals surface area contributed by atoms with Crippen molar-refractivity contribution in [3.63, 3.8) is 0 Å². The molecule has 2 aromatic carbocycles. The van der Waals surface area contributed by atoms with Crippen LogP contribution in [0.2, 0.25) is 0 Å². The highest BCUT2D eigenvalue weighted by molar-refractivity contribution is 5.92. The van der Waals surface area contributed by atoms with Crippen molar-refractivity contribution < 1.29 is 28.1 Å². The van der Waals surface area contributed by atoms with Crippen LogP contribution >= 0.6 is 0 Å². The molecule has 7 nitrogen and oxygen atoms in total. The Kier molecular flexibility index (Phi) is 6.92. The summed E-state index contributed by atoms with van der Waals surface area (Å²) in [4.78, 5) is 17.8. The van der Waals surface area contributed by atoms with Gasteiger partial charge in [0.05, 0.1) is 27.9 Å². The number of ether oxygens (including phenoxy) is 4. The van der Waals surface area contributed by atoms with Crippen LogP contribution in [0.15, 0.2) is 54.6 Å². The number of methoxy groups -OCH3 is 3. The van der Waals surface area contributed by atoms with Gasteiger partial charge in [-0.25, -0.2) is 0 Å². The molecule has 0 N–H and O–H groups in total. The van der Waals surface area contributed by atoms with Crippen molar-refractivity contribution in [1.82, 2.24) is 4.98 Å². The Morgan fingerprint density at radius 1 is 0.903 bits per heavy atom. The minimum atomic E-state index is -0.727. The van der Waals surface area contributed by atoms with E-state index in [0.717, 1.165) is 0 Å². The summed E-state index contributed by atoms with van der Waals surface area (Å²) in [6, 6.07) is 14.7. The van der Waals surface area contributed by atoms with E-state index < -0.39 is 5.95 Å². The quantitative estimate of drug-likeness (QED) is 0.491. The van der Waals surface area contributed by atoms with Gasteiger partial charge in [-0.3, -0.25) is 4.79 Å². The summed E-state index contributed by atoms with van der Waals surface area (Å²) in [6.07, 6.45) is 0. The number of anilines is 1. The molecule has 1 heterocycles. The van der Waals surface area contributed by atoms with Gasteiger partial charge < -0.3 is 23.8 Å². The first-order valence-electron chi connectivity index (χ1n) is 9.42. The third-order valence-corrected chi connectivity index (χ3v) is 4.57. The number of nitrogens with zero attached hydrogens (tertiary/aromatic N) is 2. The first-order valence-corrected chi connectivity index (χ1v) is 9.42. The van der Waals surface area contributed by atoms with Crippen molar-refractivity contribution in [3.05, 3.63) is 66.1 Å². The number of amides is 1. The van der Waals surface area contributed by atoms with Gasteiger partial charge in [0.25, 0.3) is 0 Å².